The maximum atomic E-state index is 10.8. The minimum absolute atomic E-state index is 0.216. The molecule has 88 valence electrons. The molecule has 0 aromatic carbocycles. The lowest BCUT2D eigenvalue weighted by molar-refractivity contribution is -0.0351. The van der Waals surface area contributed by atoms with Crippen LogP contribution in [0.4, 0.5) is 0 Å². The molecule has 2 rings (SSSR count). The van der Waals surface area contributed by atoms with E-state index in [-0.39, 0.29) is 11.8 Å². The van der Waals surface area contributed by atoms with Crippen LogP contribution < -0.4 is 0 Å². The minimum Gasteiger partial charge on any atom is -0.389 e. The van der Waals surface area contributed by atoms with E-state index in [0.717, 1.165) is 25.0 Å². The van der Waals surface area contributed by atoms with Crippen molar-refractivity contribution < 1.29 is 5.11 Å². The highest BCUT2D eigenvalue weighted by molar-refractivity contribution is 5.31. The highest BCUT2D eigenvalue weighted by atomic mass is 16.3. The van der Waals surface area contributed by atoms with Crippen molar-refractivity contribution in [3.05, 3.63) is 29.6 Å². The number of hydrogen-bond donors (Lipinski definition) is 1. The Morgan fingerprint density at radius 2 is 2.31 bits per heavy atom. The summed E-state index contributed by atoms with van der Waals surface area (Å²) in [7, 11) is 0. The fourth-order valence-corrected chi connectivity index (χ4v) is 2.96. The molecule has 1 aliphatic rings. The van der Waals surface area contributed by atoms with Crippen molar-refractivity contribution in [2.75, 3.05) is 0 Å². The quantitative estimate of drug-likeness (QED) is 0.848. The van der Waals surface area contributed by atoms with Crippen LogP contribution in [0.3, 0.4) is 0 Å². The first-order chi connectivity index (χ1) is 7.59. The van der Waals surface area contributed by atoms with Gasteiger partial charge in [0.15, 0.2) is 0 Å². The molecule has 1 N–H and O–H groups in total. The summed E-state index contributed by atoms with van der Waals surface area (Å²) in [5.41, 5.74) is 1.85. The fraction of sp³-hybridized carbons (Fsp3) is 0.643. The average molecular weight is 219 g/mol. The molecule has 2 unspecified atom stereocenters. The number of pyridine rings is 1. The molecular formula is C14H21NO. The lowest BCUT2D eigenvalue weighted by Gasteiger charge is -2.37. The Morgan fingerprint density at radius 1 is 1.56 bits per heavy atom. The van der Waals surface area contributed by atoms with E-state index in [1.165, 1.54) is 5.56 Å². The van der Waals surface area contributed by atoms with E-state index in [1.54, 1.807) is 0 Å². The zero-order chi connectivity index (χ0) is 11.8. The van der Waals surface area contributed by atoms with Crippen LogP contribution in [0.5, 0.6) is 0 Å². The van der Waals surface area contributed by atoms with E-state index in [9.17, 15) is 5.11 Å². The fourth-order valence-electron chi connectivity index (χ4n) is 2.96. The summed E-state index contributed by atoms with van der Waals surface area (Å²) in [4.78, 5) is 4.48. The molecule has 0 saturated heterocycles. The van der Waals surface area contributed by atoms with Crippen LogP contribution in [0.2, 0.25) is 0 Å². The van der Waals surface area contributed by atoms with Crippen LogP contribution in [-0.2, 0) is 6.42 Å². The molecule has 1 aliphatic carbocycles. The molecule has 2 heteroatoms. The number of nitrogens with zero attached hydrogens (tertiary/aromatic N) is 1. The predicted molar refractivity (Wildman–Crippen MR) is 65.4 cm³/mol. The van der Waals surface area contributed by atoms with Crippen molar-refractivity contribution in [3.8, 4) is 0 Å². The molecular weight excluding hydrogens is 198 g/mol. The third kappa shape index (κ3) is 1.65. The summed E-state index contributed by atoms with van der Waals surface area (Å²) < 4.78 is 0. The third-order valence-electron chi connectivity index (χ3n) is 4.13. The van der Waals surface area contributed by atoms with Gasteiger partial charge in [0.25, 0.3) is 0 Å². The first-order valence-corrected chi connectivity index (χ1v) is 6.25. The van der Waals surface area contributed by atoms with Gasteiger partial charge in [0.05, 0.1) is 5.60 Å². The lowest BCUT2D eigenvalue weighted by atomic mass is 9.75. The normalized spacial score (nSPS) is 23.2. The summed E-state index contributed by atoms with van der Waals surface area (Å²) in [6.07, 6.45) is 4.73. The van der Waals surface area contributed by atoms with Crippen molar-refractivity contribution >= 4 is 0 Å². The molecule has 0 radical (unpaired) electrons. The molecule has 0 saturated carbocycles. The molecule has 0 bridgehead atoms. The van der Waals surface area contributed by atoms with Crippen LogP contribution in [0.1, 0.15) is 50.8 Å². The Balaban J connectivity index is 2.37. The number of hydrogen-bond acceptors (Lipinski definition) is 2. The Bertz CT molecular complexity index is 375. The summed E-state index contributed by atoms with van der Waals surface area (Å²) in [6.45, 7) is 6.27. The zero-order valence-electron chi connectivity index (χ0n) is 10.4. The second-order valence-corrected chi connectivity index (χ2v) is 5.14. The highest BCUT2D eigenvalue weighted by Crippen LogP contribution is 2.44. The van der Waals surface area contributed by atoms with Crippen molar-refractivity contribution in [2.45, 2.75) is 51.6 Å². The Morgan fingerprint density at radius 3 is 2.94 bits per heavy atom. The number of aryl methyl sites for hydroxylation is 1. The maximum Gasteiger partial charge on any atom is 0.0751 e. The van der Waals surface area contributed by atoms with Gasteiger partial charge >= 0.3 is 0 Å². The molecule has 2 nitrogen and oxygen atoms in total. The van der Waals surface area contributed by atoms with E-state index in [0.29, 0.717) is 0 Å². The van der Waals surface area contributed by atoms with Gasteiger partial charge in [0, 0.05) is 17.8 Å². The maximum absolute atomic E-state index is 10.8. The van der Waals surface area contributed by atoms with Crippen molar-refractivity contribution in [2.24, 2.45) is 5.92 Å². The summed E-state index contributed by atoms with van der Waals surface area (Å²) in [6, 6.07) is 4.13. The highest BCUT2D eigenvalue weighted by Gasteiger charge is 2.42. The number of rotatable bonds is 3. The SMILES string of the molecule is CCC(O)(C(C)C)C1CCc2cccnc21. The standard InChI is InChI=1S/C14H21NO/c1-4-14(16,10(2)3)12-8-7-11-6-5-9-15-13(11)12/h5-6,9-10,12,16H,4,7-8H2,1-3H3. The molecule has 0 amide bonds. The molecule has 2 atom stereocenters. The zero-order valence-corrected chi connectivity index (χ0v) is 10.4. The van der Waals surface area contributed by atoms with Gasteiger partial charge < -0.3 is 5.11 Å². The summed E-state index contributed by atoms with van der Waals surface area (Å²) >= 11 is 0. The average Bonchev–Trinajstić information content (AvgIpc) is 2.72. The summed E-state index contributed by atoms with van der Waals surface area (Å²) in [5.74, 6) is 0.490. The second-order valence-electron chi connectivity index (χ2n) is 5.14. The summed E-state index contributed by atoms with van der Waals surface area (Å²) in [5, 5.41) is 10.8. The first-order valence-electron chi connectivity index (χ1n) is 6.25. The van der Waals surface area contributed by atoms with Crippen LogP contribution in [0.25, 0.3) is 0 Å². The monoisotopic (exact) mass is 219 g/mol. The molecule has 0 aliphatic heterocycles. The van der Waals surface area contributed by atoms with Crippen LogP contribution in [0.15, 0.2) is 18.3 Å². The van der Waals surface area contributed by atoms with Crippen LogP contribution >= 0.6 is 0 Å². The van der Waals surface area contributed by atoms with Crippen molar-refractivity contribution in [3.63, 3.8) is 0 Å². The van der Waals surface area contributed by atoms with Gasteiger partial charge in [0.1, 0.15) is 0 Å². The molecule has 0 spiro atoms. The smallest absolute Gasteiger partial charge is 0.0751 e. The lowest BCUT2D eigenvalue weighted by Crippen LogP contribution is -2.40. The molecule has 16 heavy (non-hydrogen) atoms. The number of aliphatic hydroxyl groups is 1. The Labute approximate surface area is 97.7 Å². The van der Waals surface area contributed by atoms with Gasteiger partial charge in [-0.25, -0.2) is 0 Å². The minimum atomic E-state index is -0.598. The van der Waals surface area contributed by atoms with Gasteiger partial charge in [-0.15, -0.1) is 0 Å². The van der Waals surface area contributed by atoms with Gasteiger partial charge in [0.2, 0.25) is 0 Å². The van der Waals surface area contributed by atoms with Gasteiger partial charge in [-0.1, -0.05) is 26.8 Å². The van der Waals surface area contributed by atoms with E-state index >= 15 is 0 Å². The number of aromatic nitrogens is 1. The number of fused-ring (bicyclic) bond motifs is 1. The van der Waals surface area contributed by atoms with Crippen molar-refractivity contribution in [1.29, 1.82) is 0 Å². The largest absolute Gasteiger partial charge is 0.389 e. The van der Waals surface area contributed by atoms with E-state index < -0.39 is 5.60 Å². The van der Waals surface area contributed by atoms with E-state index in [2.05, 4.69) is 31.8 Å². The van der Waals surface area contributed by atoms with Crippen LogP contribution in [-0.4, -0.2) is 15.7 Å². The Hall–Kier alpha value is -0.890. The van der Waals surface area contributed by atoms with Crippen molar-refractivity contribution in [1.82, 2.24) is 4.98 Å². The molecule has 1 heterocycles. The van der Waals surface area contributed by atoms with Gasteiger partial charge in [-0.3, -0.25) is 4.98 Å². The van der Waals surface area contributed by atoms with Gasteiger partial charge in [-0.05, 0) is 36.8 Å². The van der Waals surface area contributed by atoms with E-state index in [1.807, 2.05) is 12.3 Å². The molecule has 1 aromatic heterocycles. The first kappa shape index (κ1) is 11.6. The van der Waals surface area contributed by atoms with Gasteiger partial charge in [-0.2, -0.15) is 0 Å². The Kier molecular flexibility index (Phi) is 3.02. The van der Waals surface area contributed by atoms with Crippen LogP contribution in [0, 0.1) is 5.92 Å². The second kappa shape index (κ2) is 4.17. The predicted octanol–water partition coefficient (Wildman–Crippen LogP) is 2.91. The molecule has 1 aromatic rings. The molecule has 0 fully saturated rings. The van der Waals surface area contributed by atoms with E-state index in [4.69, 9.17) is 0 Å². The topological polar surface area (TPSA) is 33.1 Å². The third-order valence-corrected chi connectivity index (χ3v) is 4.13.